The van der Waals surface area contributed by atoms with Gasteiger partial charge in [-0.15, -0.1) is 0 Å². The molecule has 0 unspecified atom stereocenters. The van der Waals surface area contributed by atoms with Gasteiger partial charge >= 0.3 is 0 Å². The van der Waals surface area contributed by atoms with Crippen molar-refractivity contribution in [1.29, 1.82) is 0 Å². The third kappa shape index (κ3) is 6.26. The molecule has 2 nitrogen and oxygen atoms in total. The summed E-state index contributed by atoms with van der Waals surface area (Å²) >= 11 is 0. The normalized spacial score (nSPS) is 11.6. The van der Waals surface area contributed by atoms with Gasteiger partial charge < -0.3 is 9.32 Å². The van der Waals surface area contributed by atoms with Crippen molar-refractivity contribution in [3.8, 4) is 44.5 Å². The minimum absolute atomic E-state index is 0.860. The number of para-hydroxylation sites is 1. The van der Waals surface area contributed by atoms with Gasteiger partial charge in [0.1, 0.15) is 11.2 Å². The maximum Gasteiger partial charge on any atom is 0.145 e. The molecule has 13 aromatic rings. The van der Waals surface area contributed by atoms with Gasteiger partial charge in [0.2, 0.25) is 0 Å². The van der Waals surface area contributed by atoms with Gasteiger partial charge in [-0.2, -0.15) is 0 Å². The molecule has 0 saturated carbocycles. The molecule has 0 N–H and O–H groups in total. The van der Waals surface area contributed by atoms with Crippen LogP contribution in [0, 0.1) is 0 Å². The standard InChI is InChI=1S/C64H41NO/c1-2-15-42(16-3-1)45-19-14-20-46(39-45)43-29-33-49(34-30-43)65(50-35-31-44(32-36-50)59-40-47-17-4-6-21-51(47)53-23-8-10-25-55(53)59)61-38-37-57(64-63(61)58-27-12-13-28-62(58)66-64)60-41-48-18-5-7-22-52(48)54-24-9-11-26-56(54)60/h1-41H. The predicted molar refractivity (Wildman–Crippen MR) is 280 cm³/mol. The average molecular weight is 840 g/mol. The first-order valence-corrected chi connectivity index (χ1v) is 22.7. The van der Waals surface area contributed by atoms with Crippen LogP contribution in [0.25, 0.3) is 110 Å². The quantitative estimate of drug-likeness (QED) is 0.149. The van der Waals surface area contributed by atoms with Crippen molar-refractivity contribution in [3.63, 3.8) is 0 Å². The van der Waals surface area contributed by atoms with Crippen LogP contribution in [0.3, 0.4) is 0 Å². The van der Waals surface area contributed by atoms with Gasteiger partial charge in [-0.05, 0) is 143 Å². The van der Waals surface area contributed by atoms with E-state index in [0.717, 1.165) is 55.7 Å². The van der Waals surface area contributed by atoms with Crippen molar-refractivity contribution in [3.05, 3.63) is 249 Å². The molecule has 12 aromatic carbocycles. The first kappa shape index (κ1) is 37.8. The molecule has 0 amide bonds. The van der Waals surface area contributed by atoms with Crippen LogP contribution in [0.4, 0.5) is 17.1 Å². The van der Waals surface area contributed by atoms with Crippen molar-refractivity contribution in [2.24, 2.45) is 0 Å². The summed E-state index contributed by atoms with van der Waals surface area (Å²) < 4.78 is 7.01. The smallest absolute Gasteiger partial charge is 0.145 e. The Balaban J connectivity index is 1.01. The number of benzene rings is 12. The first-order chi connectivity index (χ1) is 32.7. The van der Waals surface area contributed by atoms with E-state index < -0.39 is 0 Å². The minimum atomic E-state index is 0.860. The number of hydrogen-bond acceptors (Lipinski definition) is 2. The van der Waals surface area contributed by atoms with Gasteiger partial charge in [0.15, 0.2) is 0 Å². The van der Waals surface area contributed by atoms with E-state index >= 15 is 0 Å². The number of rotatable bonds is 7. The molecule has 1 aromatic heterocycles. The minimum Gasteiger partial charge on any atom is -0.455 e. The number of nitrogens with zero attached hydrogens (tertiary/aromatic N) is 1. The number of fused-ring (bicyclic) bond motifs is 9. The van der Waals surface area contributed by atoms with Crippen LogP contribution in [-0.4, -0.2) is 0 Å². The zero-order chi connectivity index (χ0) is 43.6. The molecular formula is C64H41NO. The summed E-state index contributed by atoms with van der Waals surface area (Å²) in [5.41, 5.74) is 14.2. The zero-order valence-electron chi connectivity index (χ0n) is 36.0. The van der Waals surface area contributed by atoms with Crippen molar-refractivity contribution in [2.45, 2.75) is 0 Å². The fourth-order valence-corrected chi connectivity index (χ4v) is 10.3. The van der Waals surface area contributed by atoms with Crippen LogP contribution in [0.1, 0.15) is 0 Å². The molecule has 308 valence electrons. The van der Waals surface area contributed by atoms with E-state index in [9.17, 15) is 0 Å². The first-order valence-electron chi connectivity index (χ1n) is 22.7. The number of furan rings is 1. The summed E-state index contributed by atoms with van der Waals surface area (Å²) in [5, 5.41) is 12.0. The highest BCUT2D eigenvalue weighted by Crippen LogP contribution is 2.48. The Kier molecular flexibility index (Phi) is 8.89. The Labute approximate surface area is 382 Å². The summed E-state index contributed by atoms with van der Waals surface area (Å²) in [5.74, 6) is 0. The summed E-state index contributed by atoms with van der Waals surface area (Å²) in [6, 6.07) is 90.1. The van der Waals surface area contributed by atoms with Crippen LogP contribution in [0.15, 0.2) is 253 Å². The molecule has 0 spiro atoms. The Morgan fingerprint density at radius 2 is 0.742 bits per heavy atom. The molecule has 0 bridgehead atoms. The highest BCUT2D eigenvalue weighted by Gasteiger charge is 2.24. The summed E-state index contributed by atoms with van der Waals surface area (Å²) in [6.45, 7) is 0. The molecule has 2 heteroatoms. The molecule has 1 heterocycles. The van der Waals surface area contributed by atoms with E-state index in [-0.39, 0.29) is 0 Å². The van der Waals surface area contributed by atoms with E-state index in [1.165, 1.54) is 70.9 Å². The summed E-state index contributed by atoms with van der Waals surface area (Å²) in [7, 11) is 0. The second-order valence-corrected chi connectivity index (χ2v) is 17.2. The number of anilines is 3. The van der Waals surface area contributed by atoms with Gasteiger partial charge in [-0.25, -0.2) is 0 Å². The van der Waals surface area contributed by atoms with E-state index in [1.807, 2.05) is 0 Å². The van der Waals surface area contributed by atoms with E-state index in [0.29, 0.717) is 0 Å². The fraction of sp³-hybridized carbons (Fsp3) is 0. The zero-order valence-corrected chi connectivity index (χ0v) is 36.0. The topological polar surface area (TPSA) is 16.4 Å². The Bertz CT molecular complexity index is 3980. The third-order valence-corrected chi connectivity index (χ3v) is 13.4. The highest BCUT2D eigenvalue weighted by atomic mass is 16.3. The van der Waals surface area contributed by atoms with E-state index in [4.69, 9.17) is 4.42 Å². The lowest BCUT2D eigenvalue weighted by Gasteiger charge is -2.27. The highest BCUT2D eigenvalue weighted by molar-refractivity contribution is 6.21. The van der Waals surface area contributed by atoms with Crippen molar-refractivity contribution in [1.82, 2.24) is 0 Å². The van der Waals surface area contributed by atoms with Crippen molar-refractivity contribution >= 4 is 82.1 Å². The molecule has 0 atom stereocenters. The van der Waals surface area contributed by atoms with Crippen LogP contribution in [0.2, 0.25) is 0 Å². The SMILES string of the molecule is c1ccc(-c2cccc(-c3ccc(N(c4ccc(-c5cc6ccccc6c6ccccc56)cc4)c4ccc(-c5cc6ccccc6c6ccccc56)c5oc6ccccc6c45)cc3)c2)cc1. The Morgan fingerprint density at radius 3 is 1.38 bits per heavy atom. The van der Waals surface area contributed by atoms with Gasteiger partial charge in [-0.1, -0.05) is 188 Å². The number of hydrogen-bond donors (Lipinski definition) is 0. The predicted octanol–water partition coefficient (Wildman–Crippen LogP) is 18.3. The van der Waals surface area contributed by atoms with Gasteiger partial charge in [0, 0.05) is 22.3 Å². The molecule has 13 rings (SSSR count). The average Bonchev–Trinajstić information content (AvgIpc) is 3.79. The molecule has 0 saturated heterocycles. The lowest BCUT2D eigenvalue weighted by molar-refractivity contribution is 0.670. The third-order valence-electron chi connectivity index (χ3n) is 13.4. The van der Waals surface area contributed by atoms with E-state index in [2.05, 4.69) is 254 Å². The maximum atomic E-state index is 7.01. The van der Waals surface area contributed by atoms with Gasteiger partial charge in [0.05, 0.1) is 11.1 Å². The van der Waals surface area contributed by atoms with Crippen molar-refractivity contribution < 1.29 is 4.42 Å². The van der Waals surface area contributed by atoms with Crippen LogP contribution in [-0.2, 0) is 0 Å². The monoisotopic (exact) mass is 839 g/mol. The summed E-state index contributed by atoms with van der Waals surface area (Å²) in [4.78, 5) is 2.40. The fourth-order valence-electron chi connectivity index (χ4n) is 10.3. The summed E-state index contributed by atoms with van der Waals surface area (Å²) in [6.07, 6.45) is 0. The largest absolute Gasteiger partial charge is 0.455 e. The van der Waals surface area contributed by atoms with E-state index in [1.54, 1.807) is 0 Å². The lowest BCUT2D eigenvalue weighted by atomic mass is 9.92. The molecule has 0 fully saturated rings. The lowest BCUT2D eigenvalue weighted by Crippen LogP contribution is -2.10. The van der Waals surface area contributed by atoms with Crippen LogP contribution >= 0.6 is 0 Å². The van der Waals surface area contributed by atoms with Gasteiger partial charge in [0.25, 0.3) is 0 Å². The molecular weight excluding hydrogens is 799 g/mol. The van der Waals surface area contributed by atoms with Gasteiger partial charge in [-0.3, -0.25) is 0 Å². The molecule has 0 aliphatic rings. The van der Waals surface area contributed by atoms with Crippen LogP contribution < -0.4 is 4.90 Å². The Hall–Kier alpha value is -8.72. The van der Waals surface area contributed by atoms with Crippen molar-refractivity contribution in [2.75, 3.05) is 4.90 Å². The maximum absolute atomic E-state index is 7.01. The molecule has 0 aliphatic heterocycles. The molecule has 0 radical (unpaired) electrons. The second-order valence-electron chi connectivity index (χ2n) is 17.2. The Morgan fingerprint density at radius 1 is 0.273 bits per heavy atom. The van der Waals surface area contributed by atoms with Crippen LogP contribution in [0.5, 0.6) is 0 Å². The molecule has 0 aliphatic carbocycles. The molecule has 66 heavy (non-hydrogen) atoms. The second kappa shape index (κ2) is 15.5.